The van der Waals surface area contributed by atoms with E-state index in [9.17, 15) is 8.42 Å². The summed E-state index contributed by atoms with van der Waals surface area (Å²) >= 11 is 0. The van der Waals surface area contributed by atoms with Gasteiger partial charge in [-0.15, -0.1) is 0 Å². The number of benzene rings is 2. The minimum absolute atomic E-state index is 0.257. The zero-order valence-electron chi connectivity index (χ0n) is 18.6. The van der Waals surface area contributed by atoms with Crippen LogP contribution in [0.2, 0.25) is 0 Å². The molecule has 6 heteroatoms. The molecule has 0 radical (unpaired) electrons. The third-order valence-corrected chi connectivity index (χ3v) is 9.14. The number of aromatic nitrogens is 1. The Morgan fingerprint density at radius 2 is 1.68 bits per heavy atom. The Morgan fingerprint density at radius 1 is 0.935 bits per heavy atom. The van der Waals surface area contributed by atoms with Crippen LogP contribution in [-0.4, -0.2) is 30.4 Å². The van der Waals surface area contributed by atoms with E-state index in [0.717, 1.165) is 29.7 Å². The van der Waals surface area contributed by atoms with Gasteiger partial charge in [-0.25, -0.2) is 8.42 Å². The molecule has 0 amide bonds. The van der Waals surface area contributed by atoms with Crippen molar-refractivity contribution in [3.05, 3.63) is 76.6 Å². The summed E-state index contributed by atoms with van der Waals surface area (Å²) in [6.07, 6.45) is 3.59. The van der Waals surface area contributed by atoms with Crippen molar-refractivity contribution in [3.8, 4) is 5.69 Å². The summed E-state index contributed by atoms with van der Waals surface area (Å²) in [4.78, 5) is 0.422. The van der Waals surface area contributed by atoms with Crippen molar-refractivity contribution >= 4 is 15.7 Å². The zero-order chi connectivity index (χ0) is 22.0. The Hall–Kier alpha value is -2.57. The number of rotatable bonds is 2. The zero-order valence-corrected chi connectivity index (χ0v) is 19.4. The number of hydrogen-bond acceptors (Lipinski definition) is 3. The van der Waals surface area contributed by atoms with Gasteiger partial charge in [-0.05, 0) is 81.5 Å². The van der Waals surface area contributed by atoms with Gasteiger partial charge in [0.1, 0.15) is 0 Å². The first-order chi connectivity index (χ1) is 14.7. The van der Waals surface area contributed by atoms with Gasteiger partial charge in [0.25, 0.3) is 0 Å². The van der Waals surface area contributed by atoms with Crippen LogP contribution >= 0.6 is 0 Å². The molecule has 5 nitrogen and oxygen atoms in total. The van der Waals surface area contributed by atoms with E-state index in [1.165, 1.54) is 22.5 Å². The smallest absolute Gasteiger partial charge is 0.243 e. The van der Waals surface area contributed by atoms with E-state index in [-0.39, 0.29) is 5.54 Å². The Kier molecular flexibility index (Phi) is 4.57. The molecule has 2 aliphatic heterocycles. The van der Waals surface area contributed by atoms with Gasteiger partial charge in [0.2, 0.25) is 10.0 Å². The second-order valence-electron chi connectivity index (χ2n) is 9.05. The second kappa shape index (κ2) is 6.97. The van der Waals surface area contributed by atoms with Gasteiger partial charge in [-0.1, -0.05) is 23.8 Å². The van der Waals surface area contributed by atoms with Crippen LogP contribution in [-0.2, 0) is 15.6 Å². The molecule has 2 aliphatic rings. The highest BCUT2D eigenvalue weighted by Crippen LogP contribution is 2.45. The lowest BCUT2D eigenvalue weighted by molar-refractivity contribution is 0.247. The van der Waals surface area contributed by atoms with Crippen molar-refractivity contribution in [1.29, 1.82) is 0 Å². The van der Waals surface area contributed by atoms with E-state index in [4.69, 9.17) is 0 Å². The summed E-state index contributed by atoms with van der Waals surface area (Å²) in [7, 11) is -3.50. The minimum Gasteiger partial charge on any atom is -0.372 e. The SMILES string of the molecule is Cc1ccc(S(=O)(=O)N2CCC3(CC2)Nc2ccc(C)c(C)c2-n2cccc23)c(C)c1. The monoisotopic (exact) mass is 435 g/mol. The highest BCUT2D eigenvalue weighted by molar-refractivity contribution is 7.89. The predicted molar refractivity (Wildman–Crippen MR) is 124 cm³/mol. The number of anilines is 1. The van der Waals surface area contributed by atoms with Gasteiger partial charge in [0, 0.05) is 25.0 Å². The Morgan fingerprint density at radius 3 is 2.39 bits per heavy atom. The third kappa shape index (κ3) is 3.04. The van der Waals surface area contributed by atoms with E-state index in [1.807, 2.05) is 26.0 Å². The lowest BCUT2D eigenvalue weighted by atomic mass is 9.82. The lowest BCUT2D eigenvalue weighted by Crippen LogP contribution is -2.51. The molecule has 0 bridgehead atoms. The van der Waals surface area contributed by atoms with Gasteiger partial charge in [0.05, 0.1) is 21.8 Å². The number of aryl methyl sites for hydroxylation is 3. The molecule has 1 aromatic heterocycles. The van der Waals surface area contributed by atoms with Crippen molar-refractivity contribution in [2.75, 3.05) is 18.4 Å². The maximum Gasteiger partial charge on any atom is 0.243 e. The van der Waals surface area contributed by atoms with Crippen molar-refractivity contribution < 1.29 is 8.42 Å². The van der Waals surface area contributed by atoms with Gasteiger partial charge < -0.3 is 9.88 Å². The molecule has 0 saturated carbocycles. The number of fused-ring (bicyclic) bond motifs is 4. The molecule has 3 aromatic rings. The molecular weight excluding hydrogens is 406 g/mol. The maximum absolute atomic E-state index is 13.4. The molecule has 5 rings (SSSR count). The summed E-state index contributed by atoms with van der Waals surface area (Å²) in [6, 6.07) is 14.1. The van der Waals surface area contributed by atoms with E-state index < -0.39 is 10.0 Å². The summed E-state index contributed by atoms with van der Waals surface area (Å²) in [5.41, 5.74) is 7.71. The van der Waals surface area contributed by atoms with Crippen LogP contribution < -0.4 is 5.32 Å². The van der Waals surface area contributed by atoms with Crippen molar-refractivity contribution in [2.45, 2.75) is 51.0 Å². The topological polar surface area (TPSA) is 54.3 Å². The van der Waals surface area contributed by atoms with Crippen LogP contribution in [0.4, 0.5) is 5.69 Å². The van der Waals surface area contributed by atoms with Crippen LogP contribution in [0.25, 0.3) is 5.69 Å². The van der Waals surface area contributed by atoms with E-state index >= 15 is 0 Å². The standard InChI is InChI=1S/C25H29N3O2S/c1-17-7-10-22(19(3)16-17)31(29,30)27-14-11-25(12-15-27)23-6-5-13-28(23)24-20(4)18(2)8-9-21(24)26-25/h5-10,13,16,26H,11-12,14-15H2,1-4H3. The minimum atomic E-state index is -3.50. The van der Waals surface area contributed by atoms with Crippen molar-refractivity contribution in [3.63, 3.8) is 0 Å². The first kappa shape index (κ1) is 20.3. The molecule has 3 heterocycles. The van der Waals surface area contributed by atoms with Gasteiger partial charge in [-0.3, -0.25) is 0 Å². The van der Waals surface area contributed by atoms with Crippen LogP contribution in [0.15, 0.2) is 53.6 Å². The van der Waals surface area contributed by atoms with Crippen LogP contribution in [0.1, 0.15) is 40.8 Å². The molecule has 0 aliphatic carbocycles. The fraction of sp³-hybridized carbons (Fsp3) is 0.360. The molecule has 1 spiro atoms. The third-order valence-electron chi connectivity index (χ3n) is 7.08. The Balaban J connectivity index is 1.47. The highest BCUT2D eigenvalue weighted by atomic mass is 32.2. The molecule has 1 saturated heterocycles. The Bertz CT molecular complexity index is 1280. The normalized spacial score (nSPS) is 17.8. The van der Waals surface area contributed by atoms with Crippen molar-refractivity contribution in [1.82, 2.24) is 8.87 Å². The molecule has 0 unspecified atom stereocenters. The molecule has 1 N–H and O–H groups in total. The first-order valence-electron chi connectivity index (χ1n) is 10.9. The van der Waals surface area contributed by atoms with E-state index in [0.29, 0.717) is 18.0 Å². The van der Waals surface area contributed by atoms with Crippen LogP contribution in [0.3, 0.4) is 0 Å². The second-order valence-corrected chi connectivity index (χ2v) is 11.0. The lowest BCUT2D eigenvalue weighted by Gasteiger charge is -2.46. The van der Waals surface area contributed by atoms with Crippen LogP contribution in [0.5, 0.6) is 0 Å². The van der Waals surface area contributed by atoms with Gasteiger partial charge >= 0.3 is 0 Å². The summed E-state index contributed by atoms with van der Waals surface area (Å²) < 4.78 is 30.7. The number of nitrogens with zero attached hydrogens (tertiary/aromatic N) is 2. The number of sulfonamides is 1. The van der Waals surface area contributed by atoms with Gasteiger partial charge in [-0.2, -0.15) is 4.31 Å². The molecule has 162 valence electrons. The summed E-state index contributed by atoms with van der Waals surface area (Å²) in [5, 5.41) is 3.81. The largest absolute Gasteiger partial charge is 0.372 e. The van der Waals surface area contributed by atoms with Crippen molar-refractivity contribution in [2.24, 2.45) is 0 Å². The van der Waals surface area contributed by atoms with E-state index in [2.05, 4.69) is 54.2 Å². The quantitative estimate of drug-likeness (QED) is 0.628. The average Bonchev–Trinajstić information content (AvgIpc) is 3.22. The summed E-state index contributed by atoms with van der Waals surface area (Å²) in [6.45, 7) is 9.15. The summed E-state index contributed by atoms with van der Waals surface area (Å²) in [5.74, 6) is 0. The average molecular weight is 436 g/mol. The Labute approximate surface area is 184 Å². The number of piperidine rings is 1. The fourth-order valence-electron chi connectivity index (χ4n) is 5.22. The highest BCUT2D eigenvalue weighted by Gasteiger charge is 2.44. The van der Waals surface area contributed by atoms with E-state index in [1.54, 1.807) is 10.4 Å². The molecule has 1 fully saturated rings. The molecule has 2 aromatic carbocycles. The molecular formula is C25H29N3O2S. The number of nitrogens with one attached hydrogen (secondary N) is 1. The van der Waals surface area contributed by atoms with Gasteiger partial charge in [0.15, 0.2) is 0 Å². The molecule has 0 atom stereocenters. The maximum atomic E-state index is 13.4. The van der Waals surface area contributed by atoms with Crippen LogP contribution in [0, 0.1) is 27.7 Å². The number of hydrogen-bond donors (Lipinski definition) is 1. The molecule has 31 heavy (non-hydrogen) atoms. The first-order valence-corrected chi connectivity index (χ1v) is 12.3. The predicted octanol–water partition coefficient (Wildman–Crippen LogP) is 4.82. The fourth-order valence-corrected chi connectivity index (χ4v) is 6.86.